The first-order valence-corrected chi connectivity index (χ1v) is 9.76. The molecule has 0 aromatic heterocycles. The van der Waals surface area contributed by atoms with E-state index in [0.29, 0.717) is 23.4 Å². The van der Waals surface area contributed by atoms with Crippen LogP contribution in [0.15, 0.2) is 41.3 Å². The van der Waals surface area contributed by atoms with Crippen LogP contribution in [-0.2, 0) is 10.0 Å². The van der Waals surface area contributed by atoms with Crippen LogP contribution in [0.4, 0.5) is 13.2 Å². The molecule has 1 saturated heterocycles. The van der Waals surface area contributed by atoms with Crippen molar-refractivity contribution in [2.45, 2.75) is 4.90 Å². The standard InChI is InChI=1S/C18H17F3N2O4S/c1-27-13-4-2-12(3-5-13)18(24)22-8-10-23(11-9-22)28(25,26)15-7-6-14(19)16(20)17(15)21/h2-7H,8-11H2,1H3. The van der Waals surface area contributed by atoms with E-state index < -0.39 is 32.4 Å². The third-order valence-electron chi connectivity index (χ3n) is 4.48. The van der Waals surface area contributed by atoms with Crippen LogP contribution in [0.2, 0.25) is 0 Å². The summed E-state index contributed by atoms with van der Waals surface area (Å²) >= 11 is 0. The molecule has 1 heterocycles. The molecule has 150 valence electrons. The van der Waals surface area contributed by atoms with E-state index in [0.717, 1.165) is 4.31 Å². The van der Waals surface area contributed by atoms with Gasteiger partial charge in [-0.05, 0) is 36.4 Å². The van der Waals surface area contributed by atoms with Crippen LogP contribution in [0, 0.1) is 17.5 Å². The minimum atomic E-state index is -4.36. The largest absolute Gasteiger partial charge is 0.497 e. The lowest BCUT2D eigenvalue weighted by molar-refractivity contribution is 0.0697. The summed E-state index contributed by atoms with van der Waals surface area (Å²) in [5, 5.41) is 0. The van der Waals surface area contributed by atoms with Gasteiger partial charge in [0.25, 0.3) is 5.91 Å². The van der Waals surface area contributed by atoms with Gasteiger partial charge in [0.2, 0.25) is 10.0 Å². The monoisotopic (exact) mass is 414 g/mol. The van der Waals surface area contributed by atoms with Gasteiger partial charge in [0.1, 0.15) is 10.6 Å². The van der Waals surface area contributed by atoms with E-state index in [1.807, 2.05) is 0 Å². The molecule has 0 saturated carbocycles. The molecule has 2 aromatic rings. The number of halogens is 3. The lowest BCUT2D eigenvalue weighted by Crippen LogP contribution is -2.50. The molecule has 1 amide bonds. The molecular formula is C18H17F3N2O4S. The summed E-state index contributed by atoms with van der Waals surface area (Å²) in [6.45, 7) is -0.0316. The first-order chi connectivity index (χ1) is 13.3. The van der Waals surface area contributed by atoms with Crippen molar-refractivity contribution >= 4 is 15.9 Å². The van der Waals surface area contributed by atoms with Crippen LogP contribution < -0.4 is 4.74 Å². The number of rotatable bonds is 4. The number of amides is 1. The van der Waals surface area contributed by atoms with Gasteiger partial charge in [0.05, 0.1) is 7.11 Å². The molecule has 1 aliphatic rings. The van der Waals surface area contributed by atoms with Gasteiger partial charge >= 0.3 is 0 Å². The number of hydrogen-bond donors (Lipinski definition) is 0. The molecule has 28 heavy (non-hydrogen) atoms. The maximum Gasteiger partial charge on any atom is 0.253 e. The molecular weight excluding hydrogens is 397 g/mol. The molecule has 0 aliphatic carbocycles. The van der Waals surface area contributed by atoms with Crippen molar-refractivity contribution in [1.82, 2.24) is 9.21 Å². The number of benzene rings is 2. The van der Waals surface area contributed by atoms with Crippen molar-refractivity contribution in [1.29, 1.82) is 0 Å². The van der Waals surface area contributed by atoms with Gasteiger partial charge < -0.3 is 9.64 Å². The Hall–Kier alpha value is -2.59. The van der Waals surface area contributed by atoms with Crippen LogP contribution in [0.5, 0.6) is 5.75 Å². The maximum absolute atomic E-state index is 13.9. The van der Waals surface area contributed by atoms with Crippen molar-refractivity contribution < 1.29 is 31.1 Å². The Labute approximate surface area is 160 Å². The summed E-state index contributed by atoms with van der Waals surface area (Å²) in [6.07, 6.45) is 0. The highest BCUT2D eigenvalue weighted by molar-refractivity contribution is 7.89. The fraction of sp³-hybridized carbons (Fsp3) is 0.278. The van der Waals surface area contributed by atoms with Gasteiger partial charge in [-0.3, -0.25) is 4.79 Å². The molecule has 2 aromatic carbocycles. The van der Waals surface area contributed by atoms with Gasteiger partial charge in [-0.2, -0.15) is 4.31 Å². The number of methoxy groups -OCH3 is 1. The highest BCUT2D eigenvalue weighted by atomic mass is 32.2. The first kappa shape index (κ1) is 20.2. The van der Waals surface area contributed by atoms with Crippen molar-refractivity contribution in [2.24, 2.45) is 0 Å². The smallest absolute Gasteiger partial charge is 0.253 e. The van der Waals surface area contributed by atoms with E-state index in [-0.39, 0.29) is 32.1 Å². The van der Waals surface area contributed by atoms with E-state index in [4.69, 9.17) is 4.74 Å². The van der Waals surface area contributed by atoms with E-state index >= 15 is 0 Å². The molecule has 6 nitrogen and oxygen atoms in total. The Morgan fingerprint density at radius 3 is 2.11 bits per heavy atom. The molecule has 3 rings (SSSR count). The number of carbonyl (C=O) groups excluding carboxylic acids is 1. The molecule has 0 atom stereocenters. The summed E-state index contributed by atoms with van der Waals surface area (Å²) in [5.41, 5.74) is 0.420. The number of hydrogen-bond acceptors (Lipinski definition) is 4. The number of piperazine rings is 1. The average molecular weight is 414 g/mol. The molecule has 0 bridgehead atoms. The maximum atomic E-state index is 13.9. The average Bonchev–Trinajstić information content (AvgIpc) is 2.71. The van der Waals surface area contributed by atoms with Crippen LogP contribution in [0.1, 0.15) is 10.4 Å². The Balaban J connectivity index is 1.72. The topological polar surface area (TPSA) is 66.9 Å². The number of nitrogens with zero attached hydrogens (tertiary/aromatic N) is 2. The molecule has 0 unspecified atom stereocenters. The summed E-state index contributed by atoms with van der Waals surface area (Å²) in [5.74, 6) is -4.74. The summed E-state index contributed by atoms with van der Waals surface area (Å²) < 4.78 is 71.5. The van der Waals surface area contributed by atoms with E-state index in [1.165, 1.54) is 12.0 Å². The van der Waals surface area contributed by atoms with Crippen LogP contribution in [0.3, 0.4) is 0 Å². The van der Waals surface area contributed by atoms with E-state index in [1.54, 1.807) is 24.3 Å². The zero-order valence-electron chi connectivity index (χ0n) is 14.9. The molecule has 0 radical (unpaired) electrons. The highest BCUT2D eigenvalue weighted by Gasteiger charge is 2.33. The lowest BCUT2D eigenvalue weighted by atomic mass is 10.2. The fourth-order valence-corrected chi connectivity index (χ4v) is 4.37. The lowest BCUT2D eigenvalue weighted by Gasteiger charge is -2.34. The molecule has 10 heteroatoms. The number of ether oxygens (including phenoxy) is 1. The zero-order valence-corrected chi connectivity index (χ0v) is 15.7. The fourth-order valence-electron chi connectivity index (χ4n) is 2.89. The predicted octanol–water partition coefficient (Wildman–Crippen LogP) is 2.26. The Kier molecular flexibility index (Phi) is 5.61. The summed E-state index contributed by atoms with van der Waals surface area (Å²) in [6, 6.07) is 7.73. The Morgan fingerprint density at radius 2 is 1.54 bits per heavy atom. The van der Waals surface area contributed by atoms with Crippen LogP contribution >= 0.6 is 0 Å². The minimum absolute atomic E-state index is 0.0788. The van der Waals surface area contributed by atoms with Crippen molar-refractivity contribution in [3.05, 3.63) is 59.4 Å². The molecule has 1 aliphatic heterocycles. The number of carbonyl (C=O) groups is 1. The van der Waals surface area contributed by atoms with Crippen LogP contribution in [0.25, 0.3) is 0 Å². The normalized spacial score (nSPS) is 15.5. The third-order valence-corrected chi connectivity index (χ3v) is 6.40. The van der Waals surface area contributed by atoms with Gasteiger partial charge in [-0.25, -0.2) is 21.6 Å². The summed E-state index contributed by atoms with van der Waals surface area (Å²) in [4.78, 5) is 13.1. The van der Waals surface area contributed by atoms with Gasteiger partial charge in [-0.1, -0.05) is 0 Å². The van der Waals surface area contributed by atoms with Crippen molar-refractivity contribution in [3.8, 4) is 5.75 Å². The van der Waals surface area contributed by atoms with Crippen molar-refractivity contribution in [2.75, 3.05) is 33.3 Å². The zero-order chi connectivity index (χ0) is 20.5. The molecule has 0 N–H and O–H groups in total. The van der Waals surface area contributed by atoms with Gasteiger partial charge in [-0.15, -0.1) is 0 Å². The minimum Gasteiger partial charge on any atom is -0.497 e. The second kappa shape index (κ2) is 7.80. The molecule has 0 spiro atoms. The predicted molar refractivity (Wildman–Crippen MR) is 94.0 cm³/mol. The van der Waals surface area contributed by atoms with Crippen molar-refractivity contribution in [3.63, 3.8) is 0 Å². The number of sulfonamides is 1. The second-order valence-corrected chi connectivity index (χ2v) is 8.00. The second-order valence-electron chi connectivity index (χ2n) is 6.10. The SMILES string of the molecule is COc1ccc(C(=O)N2CCN(S(=O)(=O)c3ccc(F)c(F)c3F)CC2)cc1. The van der Waals surface area contributed by atoms with Gasteiger partial charge in [0, 0.05) is 31.7 Å². The Bertz CT molecular complexity index is 989. The first-order valence-electron chi connectivity index (χ1n) is 8.32. The third kappa shape index (κ3) is 3.69. The highest BCUT2D eigenvalue weighted by Crippen LogP contribution is 2.24. The van der Waals surface area contributed by atoms with E-state index in [2.05, 4.69) is 0 Å². The molecule has 1 fully saturated rings. The van der Waals surface area contributed by atoms with Crippen LogP contribution in [-0.4, -0.2) is 56.8 Å². The summed E-state index contributed by atoms with van der Waals surface area (Å²) in [7, 11) is -2.85. The quantitative estimate of drug-likeness (QED) is 0.720. The van der Waals surface area contributed by atoms with E-state index in [9.17, 15) is 26.4 Å². The van der Waals surface area contributed by atoms with Gasteiger partial charge in [0.15, 0.2) is 17.5 Å². The Morgan fingerprint density at radius 1 is 0.929 bits per heavy atom.